The molecule has 0 atom stereocenters. The van der Waals surface area contributed by atoms with Gasteiger partial charge in [-0.15, -0.1) is 0 Å². The SMILES string of the molecule is CN1C=CN(C)C1.FC(F)F. The normalized spacial score (nSPS) is 15.5. The fraction of sp³-hybridized carbons (Fsp3) is 0.667. The van der Waals surface area contributed by atoms with Crippen LogP contribution in [0.4, 0.5) is 13.2 Å². The second kappa shape index (κ2) is 4.87. The molecule has 0 saturated carbocycles. The first-order valence-corrected chi connectivity index (χ1v) is 3.03. The number of hydrogen-bond acceptors (Lipinski definition) is 2. The third kappa shape index (κ3) is 7.02. The molecule has 0 spiro atoms. The van der Waals surface area contributed by atoms with Crippen LogP contribution < -0.4 is 0 Å². The first-order chi connectivity index (χ1) is 5.02. The van der Waals surface area contributed by atoms with Crippen molar-refractivity contribution in [3.05, 3.63) is 12.4 Å². The zero-order chi connectivity index (χ0) is 8.85. The van der Waals surface area contributed by atoms with Crippen LogP contribution >= 0.6 is 0 Å². The third-order valence-corrected chi connectivity index (χ3v) is 1.02. The fourth-order valence-electron chi connectivity index (χ4n) is 0.674. The van der Waals surface area contributed by atoms with Crippen molar-refractivity contribution >= 4 is 0 Å². The Morgan fingerprint density at radius 3 is 1.45 bits per heavy atom. The zero-order valence-electron chi connectivity index (χ0n) is 6.47. The predicted octanol–water partition coefficient (Wildman–Crippen LogP) is 1.47. The van der Waals surface area contributed by atoms with Crippen LogP contribution in [-0.4, -0.2) is 37.2 Å². The van der Waals surface area contributed by atoms with Crippen LogP contribution in [0.15, 0.2) is 12.4 Å². The summed E-state index contributed by atoms with van der Waals surface area (Å²) < 4.78 is 29.0. The largest absolute Gasteiger partial charge is 0.379 e. The van der Waals surface area contributed by atoms with Crippen molar-refractivity contribution in [2.75, 3.05) is 20.8 Å². The average Bonchev–Trinajstić information content (AvgIpc) is 2.13. The molecule has 0 aromatic rings. The molecular formula is C6H11F3N2. The predicted molar refractivity (Wildman–Crippen MR) is 36.6 cm³/mol. The Bertz CT molecular complexity index is 114. The third-order valence-electron chi connectivity index (χ3n) is 1.02. The second-order valence-electron chi connectivity index (χ2n) is 2.20. The lowest BCUT2D eigenvalue weighted by molar-refractivity contribution is 0.00819. The van der Waals surface area contributed by atoms with Crippen LogP contribution in [0.5, 0.6) is 0 Å². The van der Waals surface area contributed by atoms with Gasteiger partial charge in [-0.05, 0) is 0 Å². The van der Waals surface area contributed by atoms with E-state index in [1.807, 2.05) is 0 Å². The van der Waals surface area contributed by atoms with Gasteiger partial charge in [0, 0.05) is 26.5 Å². The van der Waals surface area contributed by atoms with Gasteiger partial charge in [-0.25, -0.2) is 0 Å². The van der Waals surface area contributed by atoms with Gasteiger partial charge in [0.15, 0.2) is 0 Å². The molecule has 1 rings (SSSR count). The van der Waals surface area contributed by atoms with Gasteiger partial charge in [-0.1, -0.05) is 0 Å². The molecule has 0 N–H and O–H groups in total. The number of nitrogens with zero attached hydrogens (tertiary/aromatic N) is 2. The number of rotatable bonds is 0. The molecular weight excluding hydrogens is 157 g/mol. The molecule has 1 aliphatic heterocycles. The van der Waals surface area contributed by atoms with Gasteiger partial charge in [-0.3, -0.25) is 0 Å². The van der Waals surface area contributed by atoms with E-state index in [9.17, 15) is 13.2 Å². The van der Waals surface area contributed by atoms with E-state index >= 15 is 0 Å². The van der Waals surface area contributed by atoms with Crippen LogP contribution in [0.1, 0.15) is 0 Å². The highest BCUT2D eigenvalue weighted by atomic mass is 19.4. The Kier molecular flexibility index (Phi) is 4.49. The molecule has 0 aromatic heterocycles. The molecule has 66 valence electrons. The Labute approximate surface area is 63.9 Å². The van der Waals surface area contributed by atoms with Crippen molar-refractivity contribution in [2.45, 2.75) is 6.68 Å². The average molecular weight is 168 g/mol. The van der Waals surface area contributed by atoms with Crippen molar-refractivity contribution in [1.29, 1.82) is 0 Å². The molecule has 11 heavy (non-hydrogen) atoms. The summed E-state index contributed by atoms with van der Waals surface area (Å²) in [6.45, 7) is -2.64. The molecule has 0 radical (unpaired) electrons. The molecule has 1 heterocycles. The lowest BCUT2D eigenvalue weighted by Crippen LogP contribution is -2.17. The molecule has 2 nitrogen and oxygen atoms in total. The van der Waals surface area contributed by atoms with Crippen molar-refractivity contribution < 1.29 is 13.2 Å². The highest BCUT2D eigenvalue weighted by Crippen LogP contribution is 1.97. The first-order valence-electron chi connectivity index (χ1n) is 3.03. The van der Waals surface area contributed by atoms with E-state index in [-0.39, 0.29) is 0 Å². The van der Waals surface area contributed by atoms with E-state index in [2.05, 4.69) is 36.3 Å². The highest BCUT2D eigenvalue weighted by Gasteiger charge is 1.99. The molecule has 0 bridgehead atoms. The minimum absolute atomic E-state index is 1.03. The summed E-state index contributed by atoms with van der Waals surface area (Å²) in [6, 6.07) is 0. The van der Waals surface area contributed by atoms with E-state index < -0.39 is 6.68 Å². The lowest BCUT2D eigenvalue weighted by atomic mass is 10.9. The number of hydrogen-bond donors (Lipinski definition) is 0. The van der Waals surface area contributed by atoms with Crippen molar-refractivity contribution in [2.24, 2.45) is 0 Å². The summed E-state index contributed by atoms with van der Waals surface area (Å²) in [6.07, 6.45) is 4.11. The maximum absolute atomic E-state index is 9.67. The molecule has 1 aliphatic rings. The van der Waals surface area contributed by atoms with Crippen LogP contribution in [-0.2, 0) is 0 Å². The monoisotopic (exact) mass is 168 g/mol. The number of halogens is 3. The van der Waals surface area contributed by atoms with Crippen LogP contribution in [0, 0.1) is 0 Å². The van der Waals surface area contributed by atoms with E-state index in [1.54, 1.807) is 0 Å². The molecule has 5 heteroatoms. The smallest absolute Gasteiger partial charge is 0.362 e. The van der Waals surface area contributed by atoms with Gasteiger partial charge in [0.2, 0.25) is 0 Å². The molecule has 0 unspecified atom stereocenters. The minimum Gasteiger partial charge on any atom is -0.362 e. The fourth-order valence-corrected chi connectivity index (χ4v) is 0.674. The van der Waals surface area contributed by atoms with E-state index in [0.29, 0.717) is 0 Å². The summed E-state index contributed by atoms with van der Waals surface area (Å²) in [5, 5.41) is 0. The summed E-state index contributed by atoms with van der Waals surface area (Å²) >= 11 is 0. The van der Waals surface area contributed by atoms with Gasteiger partial charge >= 0.3 is 6.68 Å². The Hall–Kier alpha value is -0.870. The lowest BCUT2D eigenvalue weighted by Gasteiger charge is -2.10. The summed E-state index contributed by atoms with van der Waals surface area (Å²) in [7, 11) is 4.11. The molecule has 0 saturated heterocycles. The first kappa shape index (κ1) is 10.1. The van der Waals surface area contributed by atoms with Crippen molar-refractivity contribution in [1.82, 2.24) is 9.80 Å². The molecule has 0 fully saturated rings. The number of alkyl halides is 3. The van der Waals surface area contributed by atoms with Gasteiger partial charge < -0.3 is 9.80 Å². The van der Waals surface area contributed by atoms with E-state index in [4.69, 9.17) is 0 Å². The van der Waals surface area contributed by atoms with Crippen molar-refractivity contribution in [3.63, 3.8) is 0 Å². The molecule has 0 amide bonds. The maximum Gasteiger partial charge on any atom is 0.379 e. The van der Waals surface area contributed by atoms with Crippen LogP contribution in [0.2, 0.25) is 0 Å². The Morgan fingerprint density at radius 2 is 1.36 bits per heavy atom. The van der Waals surface area contributed by atoms with Crippen LogP contribution in [0.25, 0.3) is 0 Å². The van der Waals surface area contributed by atoms with Crippen molar-refractivity contribution in [3.8, 4) is 0 Å². The molecule has 0 aliphatic carbocycles. The van der Waals surface area contributed by atoms with Gasteiger partial charge in [0.25, 0.3) is 0 Å². The quantitative estimate of drug-likeness (QED) is 0.540. The van der Waals surface area contributed by atoms with Gasteiger partial charge in [-0.2, -0.15) is 13.2 Å². The van der Waals surface area contributed by atoms with Crippen LogP contribution in [0.3, 0.4) is 0 Å². The maximum atomic E-state index is 9.67. The Balaban J connectivity index is 0.000000218. The summed E-state index contributed by atoms with van der Waals surface area (Å²) in [4.78, 5) is 4.25. The highest BCUT2D eigenvalue weighted by molar-refractivity contribution is 4.85. The summed E-state index contributed by atoms with van der Waals surface area (Å²) in [5.41, 5.74) is 0. The van der Waals surface area contributed by atoms with E-state index in [1.165, 1.54) is 0 Å². The zero-order valence-corrected chi connectivity index (χ0v) is 6.47. The second-order valence-corrected chi connectivity index (χ2v) is 2.20. The summed E-state index contributed by atoms with van der Waals surface area (Å²) in [5.74, 6) is 0. The standard InChI is InChI=1S/C5H10N2.CHF3/c1-6-3-4-7(2)5-6;2-1(3)4/h3-4H,5H2,1-2H3;1H. The minimum atomic E-state index is -3.67. The molecule has 0 aromatic carbocycles. The van der Waals surface area contributed by atoms with Gasteiger partial charge in [0.05, 0.1) is 6.67 Å². The Morgan fingerprint density at radius 1 is 1.09 bits per heavy atom. The topological polar surface area (TPSA) is 6.48 Å². The van der Waals surface area contributed by atoms with Gasteiger partial charge in [0.1, 0.15) is 0 Å². The van der Waals surface area contributed by atoms with E-state index in [0.717, 1.165) is 6.67 Å².